The summed E-state index contributed by atoms with van der Waals surface area (Å²) < 4.78 is 4.51. The van der Waals surface area contributed by atoms with Gasteiger partial charge in [-0.1, -0.05) is 26.3 Å². The van der Waals surface area contributed by atoms with Crippen LogP contribution in [0.4, 0.5) is 0 Å². The Morgan fingerprint density at radius 2 is 2.30 bits per heavy atom. The van der Waals surface area contributed by atoms with Crippen LogP contribution in [0.2, 0.25) is 0 Å². The molecule has 0 aromatic rings. The minimum absolute atomic E-state index is 0.425. The Morgan fingerprint density at radius 1 is 1.60 bits per heavy atom. The van der Waals surface area contributed by atoms with Gasteiger partial charge >= 0.3 is 0 Å². The maximum Gasteiger partial charge on any atom is 0.298 e. The number of carbonyl (C=O) groups excluding carboxylic acids is 1. The van der Waals surface area contributed by atoms with Crippen LogP contribution in [0.25, 0.3) is 0 Å². The summed E-state index contributed by atoms with van der Waals surface area (Å²) in [5.74, 6) is 0.573. The molecule has 0 heterocycles. The predicted molar refractivity (Wildman–Crippen MR) is 40.4 cm³/mol. The Bertz CT molecular complexity index is 108. The summed E-state index contributed by atoms with van der Waals surface area (Å²) in [6.07, 6.45) is 4.20. The number of unbranched alkanes of at least 4 members (excludes halogenated alkanes) is 2. The smallest absolute Gasteiger partial charge is 0.298 e. The van der Waals surface area contributed by atoms with E-state index in [9.17, 15) is 4.79 Å². The van der Waals surface area contributed by atoms with Crippen molar-refractivity contribution in [3.8, 4) is 0 Å². The molecule has 0 saturated heterocycles. The molecule has 0 rings (SSSR count). The molecule has 0 aromatic carbocycles. The van der Waals surface area contributed by atoms with Crippen molar-refractivity contribution >= 4 is 6.47 Å². The second-order valence-electron chi connectivity index (χ2n) is 2.21. The van der Waals surface area contributed by atoms with Gasteiger partial charge in [-0.25, -0.2) is 0 Å². The monoisotopic (exact) mass is 142 g/mol. The molecular weight excluding hydrogens is 128 g/mol. The largest absolute Gasteiger partial charge is 0.434 e. The minimum atomic E-state index is 0.425. The van der Waals surface area contributed by atoms with Gasteiger partial charge in [0.25, 0.3) is 6.47 Å². The van der Waals surface area contributed by atoms with Gasteiger partial charge in [0.1, 0.15) is 5.76 Å². The molecule has 0 radical (unpaired) electrons. The number of allylic oxidation sites excluding steroid dienone is 1. The van der Waals surface area contributed by atoms with Gasteiger partial charge in [-0.2, -0.15) is 0 Å². The molecule has 0 aliphatic rings. The summed E-state index contributed by atoms with van der Waals surface area (Å²) in [5.41, 5.74) is 0. The van der Waals surface area contributed by atoms with E-state index in [0.717, 1.165) is 12.8 Å². The standard InChI is InChI=1S/C8H14O2/c1-3-4-5-6-8(2)10-7-9/h7H,2-6H2,1H3. The van der Waals surface area contributed by atoms with E-state index in [0.29, 0.717) is 12.2 Å². The van der Waals surface area contributed by atoms with E-state index in [2.05, 4.69) is 18.2 Å². The average molecular weight is 142 g/mol. The van der Waals surface area contributed by atoms with Crippen molar-refractivity contribution in [3.63, 3.8) is 0 Å². The van der Waals surface area contributed by atoms with Gasteiger partial charge in [-0.3, -0.25) is 4.79 Å². The number of hydrogen-bond acceptors (Lipinski definition) is 2. The number of ether oxygens (including phenoxy) is 1. The molecule has 0 amide bonds. The topological polar surface area (TPSA) is 26.3 Å². The molecule has 0 aliphatic carbocycles. The lowest BCUT2D eigenvalue weighted by molar-refractivity contribution is -0.125. The van der Waals surface area contributed by atoms with Crippen LogP contribution in [-0.4, -0.2) is 6.47 Å². The van der Waals surface area contributed by atoms with E-state index in [4.69, 9.17) is 0 Å². The fourth-order valence-electron chi connectivity index (χ4n) is 0.699. The van der Waals surface area contributed by atoms with Gasteiger partial charge in [0.2, 0.25) is 0 Å². The Balaban J connectivity index is 3.13. The van der Waals surface area contributed by atoms with Crippen molar-refractivity contribution in [3.05, 3.63) is 12.3 Å². The van der Waals surface area contributed by atoms with E-state index < -0.39 is 0 Å². The molecule has 2 nitrogen and oxygen atoms in total. The Labute approximate surface area is 61.9 Å². The third kappa shape index (κ3) is 5.35. The quantitative estimate of drug-likeness (QED) is 0.323. The van der Waals surface area contributed by atoms with Crippen molar-refractivity contribution in [2.45, 2.75) is 32.6 Å². The summed E-state index contributed by atoms with van der Waals surface area (Å²) in [7, 11) is 0. The van der Waals surface area contributed by atoms with E-state index in [1.54, 1.807) is 0 Å². The molecule has 0 unspecified atom stereocenters. The number of hydrogen-bond donors (Lipinski definition) is 0. The van der Waals surface area contributed by atoms with Crippen LogP contribution < -0.4 is 0 Å². The molecule has 0 fully saturated rings. The maximum absolute atomic E-state index is 9.76. The second kappa shape index (κ2) is 6.33. The molecule has 0 aliphatic heterocycles. The summed E-state index contributed by atoms with van der Waals surface area (Å²) in [5, 5.41) is 0. The van der Waals surface area contributed by atoms with Gasteiger partial charge in [0.05, 0.1) is 0 Å². The normalized spacial score (nSPS) is 8.90. The van der Waals surface area contributed by atoms with Gasteiger partial charge in [0.15, 0.2) is 0 Å². The summed E-state index contributed by atoms with van der Waals surface area (Å²) in [6, 6.07) is 0. The fourth-order valence-corrected chi connectivity index (χ4v) is 0.699. The van der Waals surface area contributed by atoms with Crippen molar-refractivity contribution in [2.24, 2.45) is 0 Å². The van der Waals surface area contributed by atoms with Crippen LogP contribution in [0.15, 0.2) is 12.3 Å². The first-order valence-corrected chi connectivity index (χ1v) is 3.59. The zero-order valence-corrected chi connectivity index (χ0v) is 6.43. The number of carbonyl (C=O) groups is 1. The van der Waals surface area contributed by atoms with Crippen LogP contribution in [0, 0.1) is 0 Å². The first-order valence-electron chi connectivity index (χ1n) is 3.59. The highest BCUT2D eigenvalue weighted by Crippen LogP contribution is 2.06. The summed E-state index contributed by atoms with van der Waals surface area (Å²) in [4.78, 5) is 9.76. The zero-order chi connectivity index (χ0) is 7.82. The molecule has 10 heavy (non-hydrogen) atoms. The minimum Gasteiger partial charge on any atom is -0.434 e. The zero-order valence-electron chi connectivity index (χ0n) is 6.43. The van der Waals surface area contributed by atoms with Crippen LogP contribution in [-0.2, 0) is 9.53 Å². The predicted octanol–water partition coefficient (Wildman–Crippen LogP) is 2.25. The van der Waals surface area contributed by atoms with Gasteiger partial charge < -0.3 is 4.74 Å². The van der Waals surface area contributed by atoms with Gasteiger partial charge in [0, 0.05) is 6.42 Å². The van der Waals surface area contributed by atoms with Crippen molar-refractivity contribution < 1.29 is 9.53 Å². The van der Waals surface area contributed by atoms with Gasteiger partial charge in [-0.15, -0.1) is 0 Å². The molecular formula is C8H14O2. The van der Waals surface area contributed by atoms with Crippen molar-refractivity contribution in [1.82, 2.24) is 0 Å². The third-order valence-corrected chi connectivity index (χ3v) is 1.27. The molecule has 0 aromatic heterocycles. The highest BCUT2D eigenvalue weighted by molar-refractivity contribution is 5.39. The average Bonchev–Trinajstić information content (AvgIpc) is 1.89. The van der Waals surface area contributed by atoms with E-state index >= 15 is 0 Å². The molecule has 2 heteroatoms. The highest BCUT2D eigenvalue weighted by Gasteiger charge is 1.92. The van der Waals surface area contributed by atoms with Crippen molar-refractivity contribution in [1.29, 1.82) is 0 Å². The molecule has 0 saturated carbocycles. The molecule has 58 valence electrons. The van der Waals surface area contributed by atoms with Gasteiger partial charge in [-0.05, 0) is 6.42 Å². The van der Waals surface area contributed by atoms with E-state index in [1.165, 1.54) is 12.8 Å². The number of rotatable bonds is 6. The van der Waals surface area contributed by atoms with E-state index in [-0.39, 0.29) is 0 Å². The fraction of sp³-hybridized carbons (Fsp3) is 0.625. The van der Waals surface area contributed by atoms with Crippen LogP contribution in [0.5, 0.6) is 0 Å². The van der Waals surface area contributed by atoms with Crippen molar-refractivity contribution in [2.75, 3.05) is 0 Å². The third-order valence-electron chi connectivity index (χ3n) is 1.27. The first-order chi connectivity index (χ1) is 4.81. The van der Waals surface area contributed by atoms with E-state index in [1.807, 2.05) is 0 Å². The molecule has 0 spiro atoms. The SMILES string of the molecule is C=C(CCCCC)OC=O. The lowest BCUT2D eigenvalue weighted by atomic mass is 10.2. The highest BCUT2D eigenvalue weighted by atomic mass is 16.5. The Morgan fingerprint density at radius 3 is 2.80 bits per heavy atom. The molecule has 0 atom stereocenters. The molecule has 0 N–H and O–H groups in total. The lowest BCUT2D eigenvalue weighted by Crippen LogP contribution is -1.87. The maximum atomic E-state index is 9.76. The summed E-state index contributed by atoms with van der Waals surface area (Å²) in [6.45, 7) is 6.12. The Hall–Kier alpha value is -0.790. The summed E-state index contributed by atoms with van der Waals surface area (Å²) >= 11 is 0. The first kappa shape index (κ1) is 9.21. The lowest BCUT2D eigenvalue weighted by Gasteiger charge is -1.99. The van der Waals surface area contributed by atoms with Crippen LogP contribution >= 0.6 is 0 Å². The Kier molecular flexibility index (Phi) is 5.83. The second-order valence-corrected chi connectivity index (χ2v) is 2.21. The van der Waals surface area contributed by atoms with Crippen LogP contribution in [0.1, 0.15) is 32.6 Å². The van der Waals surface area contributed by atoms with Crippen LogP contribution in [0.3, 0.4) is 0 Å². The molecule has 0 bridgehead atoms.